The highest BCUT2D eigenvalue weighted by Gasteiger charge is 2.39. The van der Waals surface area contributed by atoms with Crippen LogP contribution in [-0.4, -0.2) is 47.9 Å². The predicted molar refractivity (Wildman–Crippen MR) is 166 cm³/mol. The van der Waals surface area contributed by atoms with Crippen molar-refractivity contribution < 1.29 is 28.6 Å². The van der Waals surface area contributed by atoms with Crippen LogP contribution in [0.4, 0.5) is 11.4 Å². The second-order valence-electron chi connectivity index (χ2n) is 10.5. The summed E-state index contributed by atoms with van der Waals surface area (Å²) in [5, 5.41) is 16.6. The predicted octanol–water partition coefficient (Wildman–Crippen LogP) is 5.51. The maximum absolute atomic E-state index is 13.0. The van der Waals surface area contributed by atoms with Crippen molar-refractivity contribution in [2.24, 2.45) is 0 Å². The number of amides is 3. The molecule has 11 nitrogen and oxygen atoms in total. The van der Waals surface area contributed by atoms with Crippen molar-refractivity contribution in [1.82, 2.24) is 15.2 Å². The Kier molecular flexibility index (Phi) is 8.10. The summed E-state index contributed by atoms with van der Waals surface area (Å²) < 4.78 is 17.1. The van der Waals surface area contributed by atoms with E-state index in [1.54, 1.807) is 36.4 Å². The Morgan fingerprint density at radius 3 is 2.58 bits per heavy atom. The first-order chi connectivity index (χ1) is 21.7. The van der Waals surface area contributed by atoms with Gasteiger partial charge in [0.25, 0.3) is 5.91 Å². The molecule has 2 N–H and O–H groups in total. The van der Waals surface area contributed by atoms with E-state index in [1.165, 1.54) is 25.3 Å². The molecule has 3 amide bonds. The lowest BCUT2D eigenvalue weighted by Gasteiger charge is -2.29. The van der Waals surface area contributed by atoms with Gasteiger partial charge >= 0.3 is 0 Å². The Morgan fingerprint density at radius 2 is 1.84 bits per heavy atom. The lowest BCUT2D eigenvalue weighted by atomic mass is 10.0. The second kappa shape index (κ2) is 12.1. The van der Waals surface area contributed by atoms with Gasteiger partial charge in [0, 0.05) is 42.2 Å². The lowest BCUT2D eigenvalue weighted by Crippen LogP contribution is -2.52. The molecular weight excluding hydrogens is 621 g/mol. The maximum Gasteiger partial charge on any atom is 0.255 e. The van der Waals surface area contributed by atoms with Gasteiger partial charge in [-0.25, -0.2) is 0 Å². The minimum absolute atomic E-state index is 0.156. The summed E-state index contributed by atoms with van der Waals surface area (Å²) in [6.45, 7) is 0.418. The molecule has 6 rings (SSSR count). The third-order valence-electron chi connectivity index (χ3n) is 7.76. The zero-order valence-electron chi connectivity index (χ0n) is 24.1. The van der Waals surface area contributed by atoms with Gasteiger partial charge in [0.2, 0.25) is 11.8 Å². The number of methoxy groups -OCH3 is 2. The summed E-state index contributed by atoms with van der Waals surface area (Å²) >= 11 is 12.6. The minimum Gasteiger partial charge on any atom is -0.495 e. The highest BCUT2D eigenvalue weighted by atomic mass is 35.5. The number of benzene rings is 3. The van der Waals surface area contributed by atoms with Crippen LogP contribution in [0, 0.1) is 11.3 Å². The van der Waals surface area contributed by atoms with Gasteiger partial charge in [-0.05, 0) is 41.8 Å². The van der Waals surface area contributed by atoms with Crippen LogP contribution in [0.2, 0.25) is 10.0 Å². The molecule has 1 unspecified atom stereocenters. The second-order valence-corrected chi connectivity index (χ2v) is 11.3. The molecule has 3 aromatic carbocycles. The van der Waals surface area contributed by atoms with E-state index in [2.05, 4.69) is 21.7 Å². The Morgan fingerprint density at radius 1 is 1.04 bits per heavy atom. The van der Waals surface area contributed by atoms with E-state index in [0.29, 0.717) is 61.6 Å². The number of piperidine rings is 1. The number of carbonyl (C=O) groups excluding carboxylic acids is 3. The summed E-state index contributed by atoms with van der Waals surface area (Å²) in [6, 6.07) is 13.5. The molecular formula is C32H25Cl2N5O6. The van der Waals surface area contributed by atoms with Crippen molar-refractivity contribution in [2.75, 3.05) is 19.5 Å². The lowest BCUT2D eigenvalue weighted by molar-refractivity contribution is -0.136. The Hall–Kier alpha value is -5.05. The number of anilines is 2. The quantitative estimate of drug-likeness (QED) is 0.237. The molecule has 3 heterocycles. The molecule has 1 atom stereocenters. The van der Waals surface area contributed by atoms with Gasteiger partial charge in [-0.3, -0.25) is 24.7 Å². The molecule has 0 bridgehead atoms. The minimum atomic E-state index is -0.685. The number of nitrogens with one attached hydrogen (secondary N) is 2. The normalized spacial score (nSPS) is 15.8. The number of carbonyl (C=O) groups is 3. The summed E-state index contributed by atoms with van der Waals surface area (Å²) in [5.74, 6) is 0.207. The van der Waals surface area contributed by atoms with Crippen molar-refractivity contribution in [3.63, 3.8) is 0 Å². The molecule has 13 heteroatoms. The summed E-state index contributed by atoms with van der Waals surface area (Å²) in [5.41, 5.74) is 3.84. The van der Waals surface area contributed by atoms with Gasteiger partial charge < -0.3 is 24.4 Å². The third-order valence-corrected chi connectivity index (χ3v) is 8.37. The van der Waals surface area contributed by atoms with Crippen molar-refractivity contribution in [3.8, 4) is 23.3 Å². The number of imide groups is 1. The van der Waals surface area contributed by atoms with Crippen LogP contribution in [0.5, 0.6) is 17.2 Å². The summed E-state index contributed by atoms with van der Waals surface area (Å²) in [6.07, 6.45) is 1.94. The van der Waals surface area contributed by atoms with Gasteiger partial charge in [-0.15, -0.1) is 0 Å². The summed E-state index contributed by atoms with van der Waals surface area (Å²) in [4.78, 5) is 42.9. The fourth-order valence-corrected chi connectivity index (χ4v) is 5.99. The van der Waals surface area contributed by atoms with Crippen molar-refractivity contribution >= 4 is 63.2 Å². The van der Waals surface area contributed by atoms with E-state index in [9.17, 15) is 19.6 Å². The summed E-state index contributed by atoms with van der Waals surface area (Å²) in [7, 11) is 3.00. The Balaban J connectivity index is 1.25. The van der Waals surface area contributed by atoms with E-state index in [-0.39, 0.29) is 37.0 Å². The van der Waals surface area contributed by atoms with Crippen molar-refractivity contribution in [3.05, 3.63) is 81.0 Å². The standard InChI is InChI=1S/C32H25Cl2N5O6/c1-43-26-11-24(21(33)9-22(26)34)37-30-18(12-35)13-36-23-10-28(27(44-2)8-20(23)30)45-15-16-3-4-19-17(7-16)14-39(32(19)42)25-5-6-29(40)38-31(25)41/h3-4,7-11,13,25H,5-6,14-15H2,1-2H3,(H,36,37)(H,38,40,41). The maximum atomic E-state index is 13.0. The number of pyridine rings is 1. The van der Waals surface area contributed by atoms with Gasteiger partial charge in [0.15, 0.2) is 11.5 Å². The van der Waals surface area contributed by atoms with Gasteiger partial charge in [0.1, 0.15) is 24.5 Å². The average molecular weight is 646 g/mol. The molecule has 1 saturated heterocycles. The van der Waals surface area contributed by atoms with Crippen molar-refractivity contribution in [2.45, 2.75) is 32.0 Å². The number of hydrogen-bond donors (Lipinski definition) is 2. The molecule has 0 aliphatic carbocycles. The van der Waals surface area contributed by atoms with Crippen LogP contribution in [0.25, 0.3) is 10.9 Å². The zero-order valence-corrected chi connectivity index (χ0v) is 25.6. The number of rotatable bonds is 8. The van der Waals surface area contributed by atoms with E-state index in [4.69, 9.17) is 37.4 Å². The SMILES string of the molecule is COc1cc(Nc2c(C#N)cnc3cc(OCc4ccc5c(c4)CN(C4CCC(=O)NC4=O)C5=O)c(OC)cc23)c(Cl)cc1Cl. The van der Waals surface area contributed by atoms with Gasteiger partial charge in [-0.1, -0.05) is 29.3 Å². The first-order valence-electron chi connectivity index (χ1n) is 13.8. The van der Waals surface area contributed by atoms with Crippen LogP contribution in [0.15, 0.2) is 48.7 Å². The fourth-order valence-electron chi connectivity index (χ4n) is 5.49. The first kappa shape index (κ1) is 30.0. The molecule has 1 fully saturated rings. The molecule has 1 aromatic heterocycles. The van der Waals surface area contributed by atoms with Gasteiger partial charge in [-0.2, -0.15) is 5.26 Å². The number of halogens is 2. The topological polar surface area (TPSA) is 143 Å². The van der Waals surface area contributed by atoms with Crippen molar-refractivity contribution in [1.29, 1.82) is 5.26 Å². The van der Waals surface area contributed by atoms with E-state index < -0.39 is 11.9 Å². The highest BCUT2D eigenvalue weighted by Crippen LogP contribution is 2.41. The average Bonchev–Trinajstić information content (AvgIpc) is 3.35. The molecule has 4 aromatic rings. The van der Waals surface area contributed by atoms with E-state index >= 15 is 0 Å². The third kappa shape index (κ3) is 5.66. The molecule has 0 saturated carbocycles. The Labute approximate surface area is 267 Å². The molecule has 2 aliphatic heterocycles. The van der Waals surface area contributed by atoms with Gasteiger partial charge in [0.05, 0.1) is 46.7 Å². The Bertz CT molecular complexity index is 1940. The zero-order chi connectivity index (χ0) is 31.8. The van der Waals surface area contributed by atoms with Crippen LogP contribution in [0.1, 0.15) is 39.9 Å². The molecule has 45 heavy (non-hydrogen) atoms. The monoisotopic (exact) mass is 645 g/mol. The van der Waals surface area contributed by atoms with Crippen LogP contribution < -0.4 is 24.8 Å². The molecule has 0 radical (unpaired) electrons. The smallest absolute Gasteiger partial charge is 0.255 e. The number of fused-ring (bicyclic) bond motifs is 2. The number of hydrogen-bond acceptors (Lipinski definition) is 9. The highest BCUT2D eigenvalue weighted by molar-refractivity contribution is 6.37. The fraction of sp³-hybridized carbons (Fsp3) is 0.219. The number of ether oxygens (including phenoxy) is 3. The molecule has 2 aliphatic rings. The van der Waals surface area contributed by atoms with Crippen LogP contribution >= 0.6 is 23.2 Å². The number of nitrogens with zero attached hydrogens (tertiary/aromatic N) is 3. The van der Waals surface area contributed by atoms with E-state index in [1.807, 2.05) is 6.07 Å². The first-order valence-corrected chi connectivity index (χ1v) is 14.6. The largest absolute Gasteiger partial charge is 0.495 e. The number of nitriles is 1. The van der Waals surface area contributed by atoms with Crippen LogP contribution in [-0.2, 0) is 22.7 Å². The number of aromatic nitrogens is 1. The van der Waals surface area contributed by atoms with E-state index in [0.717, 1.165) is 11.1 Å². The molecule has 228 valence electrons. The van der Waals surface area contributed by atoms with Crippen LogP contribution in [0.3, 0.4) is 0 Å². The molecule has 0 spiro atoms.